The van der Waals surface area contributed by atoms with Gasteiger partial charge in [-0.25, -0.2) is 0 Å². The fourth-order valence-electron chi connectivity index (χ4n) is 2.05. The van der Waals surface area contributed by atoms with Crippen LogP contribution in [0.3, 0.4) is 0 Å². The molecule has 0 saturated carbocycles. The molecule has 1 atom stereocenters. The molecule has 0 radical (unpaired) electrons. The molecule has 23 heavy (non-hydrogen) atoms. The topological polar surface area (TPSA) is 98.0 Å². The number of nitrogens with zero attached hydrogens (tertiary/aromatic N) is 1. The maximum Gasteiger partial charge on any atom is 0.258 e. The quantitative estimate of drug-likeness (QED) is 0.382. The number of rotatable bonds is 7. The van der Waals surface area contributed by atoms with Gasteiger partial charge in [0.25, 0.3) is 5.91 Å². The maximum atomic E-state index is 11.7. The fraction of sp³-hybridized carbons (Fsp3) is 0.400. The Kier molecular flexibility index (Phi) is 6.76. The van der Waals surface area contributed by atoms with Crippen LogP contribution in [0, 0.1) is 0 Å². The van der Waals surface area contributed by atoms with E-state index in [0.29, 0.717) is 12.3 Å². The van der Waals surface area contributed by atoms with Crippen molar-refractivity contribution in [3.8, 4) is 5.75 Å². The van der Waals surface area contributed by atoms with Gasteiger partial charge in [-0.3, -0.25) is 10.2 Å². The molecule has 1 fully saturated rings. The summed E-state index contributed by atoms with van der Waals surface area (Å²) in [5.41, 5.74) is 8.57. The third-order valence-corrected chi connectivity index (χ3v) is 3.28. The van der Waals surface area contributed by atoms with Gasteiger partial charge in [-0.05, 0) is 54.9 Å². The molecule has 1 aromatic rings. The molecule has 1 amide bonds. The molecule has 1 aromatic carbocycles. The first kappa shape index (κ1) is 17.2. The lowest BCUT2D eigenvalue weighted by atomic mass is 10.2. The summed E-state index contributed by atoms with van der Waals surface area (Å²) >= 11 is 4.63. The van der Waals surface area contributed by atoms with E-state index in [4.69, 9.17) is 15.2 Å². The Balaban J connectivity index is 1.69. The third kappa shape index (κ3) is 6.62. The van der Waals surface area contributed by atoms with E-state index in [1.807, 2.05) is 12.1 Å². The predicted molar refractivity (Wildman–Crippen MR) is 91.4 cm³/mol. The molecule has 1 aliphatic rings. The van der Waals surface area contributed by atoms with Crippen molar-refractivity contribution in [2.45, 2.75) is 18.9 Å². The molecule has 7 nitrogen and oxygen atoms in total. The molecule has 0 spiro atoms. The van der Waals surface area contributed by atoms with E-state index >= 15 is 0 Å². The summed E-state index contributed by atoms with van der Waals surface area (Å²) in [5, 5.41) is 6.76. The minimum atomic E-state index is -0.160. The van der Waals surface area contributed by atoms with E-state index in [1.54, 1.807) is 18.3 Å². The van der Waals surface area contributed by atoms with E-state index in [9.17, 15) is 4.79 Å². The van der Waals surface area contributed by atoms with Crippen molar-refractivity contribution in [2.75, 3.05) is 19.8 Å². The molecule has 8 heteroatoms. The normalized spacial score (nSPS) is 17.1. The van der Waals surface area contributed by atoms with Gasteiger partial charge in [0.15, 0.2) is 11.7 Å². The van der Waals surface area contributed by atoms with Crippen molar-refractivity contribution in [1.29, 1.82) is 0 Å². The number of ether oxygens (including phenoxy) is 2. The van der Waals surface area contributed by atoms with E-state index < -0.39 is 0 Å². The number of hydrogen-bond acceptors (Lipinski definition) is 5. The van der Waals surface area contributed by atoms with Crippen LogP contribution in [0.2, 0.25) is 0 Å². The van der Waals surface area contributed by atoms with Crippen molar-refractivity contribution in [2.24, 2.45) is 10.8 Å². The summed E-state index contributed by atoms with van der Waals surface area (Å²) in [6.07, 6.45) is 3.76. The number of amides is 1. The van der Waals surface area contributed by atoms with Crippen molar-refractivity contribution in [1.82, 2.24) is 10.7 Å². The van der Waals surface area contributed by atoms with Gasteiger partial charge in [-0.15, -0.1) is 0 Å². The second kappa shape index (κ2) is 9.06. The SMILES string of the molecule is NC(=S)NN=Cc1ccc(OCC(=O)NCC2CCCO2)cc1. The number of nitrogens with two attached hydrogens (primary N) is 1. The molecular formula is C15H20N4O3S. The summed E-state index contributed by atoms with van der Waals surface area (Å²) in [6.45, 7) is 1.29. The predicted octanol–water partition coefficient (Wildman–Crippen LogP) is 0.528. The molecule has 2 rings (SSSR count). The number of carbonyl (C=O) groups is 1. The molecule has 1 unspecified atom stereocenters. The molecule has 0 bridgehead atoms. The summed E-state index contributed by atoms with van der Waals surface area (Å²) in [6, 6.07) is 7.14. The Hall–Kier alpha value is -2.19. The van der Waals surface area contributed by atoms with Crippen LogP contribution in [0.25, 0.3) is 0 Å². The average Bonchev–Trinajstić information content (AvgIpc) is 3.05. The van der Waals surface area contributed by atoms with Crippen LogP contribution in [0.4, 0.5) is 0 Å². The highest BCUT2D eigenvalue weighted by atomic mass is 32.1. The zero-order chi connectivity index (χ0) is 16.5. The number of thiocarbonyl (C=S) groups is 1. The van der Waals surface area contributed by atoms with Gasteiger partial charge in [-0.1, -0.05) is 0 Å². The van der Waals surface area contributed by atoms with Crippen LogP contribution in [-0.2, 0) is 9.53 Å². The first-order chi connectivity index (χ1) is 11.1. The molecule has 1 heterocycles. The Labute approximate surface area is 140 Å². The first-order valence-electron chi connectivity index (χ1n) is 7.33. The highest BCUT2D eigenvalue weighted by Gasteiger charge is 2.16. The largest absolute Gasteiger partial charge is 0.484 e. The van der Waals surface area contributed by atoms with Crippen LogP contribution in [0.1, 0.15) is 18.4 Å². The smallest absolute Gasteiger partial charge is 0.258 e. The molecule has 0 aliphatic carbocycles. The number of nitrogens with one attached hydrogen (secondary N) is 2. The minimum Gasteiger partial charge on any atom is -0.484 e. The number of hydrazone groups is 1. The fourth-order valence-corrected chi connectivity index (χ4v) is 2.11. The van der Waals surface area contributed by atoms with Crippen LogP contribution in [0.5, 0.6) is 5.75 Å². The van der Waals surface area contributed by atoms with E-state index in [1.165, 1.54) is 0 Å². The molecular weight excluding hydrogens is 316 g/mol. The lowest BCUT2D eigenvalue weighted by Gasteiger charge is -2.11. The van der Waals surface area contributed by atoms with Crippen LogP contribution >= 0.6 is 12.2 Å². The first-order valence-corrected chi connectivity index (χ1v) is 7.74. The Morgan fingerprint density at radius 2 is 2.26 bits per heavy atom. The zero-order valence-electron chi connectivity index (χ0n) is 12.7. The lowest BCUT2D eigenvalue weighted by molar-refractivity contribution is -0.123. The Morgan fingerprint density at radius 1 is 1.48 bits per heavy atom. The summed E-state index contributed by atoms with van der Waals surface area (Å²) < 4.78 is 10.9. The molecule has 4 N–H and O–H groups in total. The van der Waals surface area contributed by atoms with Gasteiger partial charge in [0, 0.05) is 13.2 Å². The van der Waals surface area contributed by atoms with E-state index in [2.05, 4.69) is 28.1 Å². The van der Waals surface area contributed by atoms with Crippen LogP contribution in [0.15, 0.2) is 29.4 Å². The number of benzene rings is 1. The second-order valence-electron chi connectivity index (χ2n) is 5.03. The average molecular weight is 336 g/mol. The summed E-state index contributed by atoms with van der Waals surface area (Å²) in [7, 11) is 0. The summed E-state index contributed by atoms with van der Waals surface area (Å²) in [5.74, 6) is 0.448. The number of hydrogen-bond donors (Lipinski definition) is 3. The van der Waals surface area contributed by atoms with Crippen LogP contribution < -0.4 is 21.2 Å². The minimum absolute atomic E-state index is 0.0246. The molecule has 1 aliphatic heterocycles. The van der Waals surface area contributed by atoms with Gasteiger partial charge >= 0.3 is 0 Å². The highest BCUT2D eigenvalue weighted by Crippen LogP contribution is 2.12. The molecule has 1 saturated heterocycles. The van der Waals surface area contributed by atoms with Gasteiger partial charge in [-0.2, -0.15) is 5.10 Å². The Morgan fingerprint density at radius 3 is 2.91 bits per heavy atom. The van der Waals surface area contributed by atoms with E-state index in [-0.39, 0.29) is 23.7 Å². The van der Waals surface area contributed by atoms with Gasteiger partial charge in [0.2, 0.25) is 0 Å². The summed E-state index contributed by atoms with van der Waals surface area (Å²) in [4.78, 5) is 11.7. The van der Waals surface area contributed by atoms with Crippen molar-refractivity contribution in [3.63, 3.8) is 0 Å². The third-order valence-electron chi connectivity index (χ3n) is 3.19. The van der Waals surface area contributed by atoms with Crippen molar-refractivity contribution >= 4 is 29.5 Å². The molecule has 124 valence electrons. The Bertz CT molecular complexity index is 556. The number of carbonyl (C=O) groups excluding carboxylic acids is 1. The van der Waals surface area contributed by atoms with E-state index in [0.717, 1.165) is 25.0 Å². The van der Waals surface area contributed by atoms with Gasteiger partial charge in [0.05, 0.1) is 12.3 Å². The maximum absolute atomic E-state index is 11.7. The van der Waals surface area contributed by atoms with Crippen LogP contribution in [-0.4, -0.2) is 43.1 Å². The molecule has 0 aromatic heterocycles. The standard InChI is InChI=1S/C15H20N4O3S/c16-15(23)19-18-8-11-3-5-12(6-4-11)22-10-14(20)17-9-13-2-1-7-21-13/h3-6,8,13H,1-2,7,9-10H2,(H,17,20)(H3,16,19,23). The second-order valence-corrected chi connectivity index (χ2v) is 5.47. The van der Waals surface area contributed by atoms with Crippen molar-refractivity contribution < 1.29 is 14.3 Å². The zero-order valence-corrected chi connectivity index (χ0v) is 13.5. The van der Waals surface area contributed by atoms with Gasteiger partial charge in [0.1, 0.15) is 5.75 Å². The van der Waals surface area contributed by atoms with Gasteiger partial charge < -0.3 is 20.5 Å². The highest BCUT2D eigenvalue weighted by molar-refractivity contribution is 7.80. The monoisotopic (exact) mass is 336 g/mol. The lowest BCUT2D eigenvalue weighted by Crippen LogP contribution is -2.35. The van der Waals surface area contributed by atoms with Crippen molar-refractivity contribution in [3.05, 3.63) is 29.8 Å².